The largest absolute Gasteiger partial charge is 0.503 e. The fourth-order valence-electron chi connectivity index (χ4n) is 3.72. The van der Waals surface area contributed by atoms with Crippen LogP contribution < -0.4 is 4.90 Å². The summed E-state index contributed by atoms with van der Waals surface area (Å²) < 4.78 is 11.9. The van der Waals surface area contributed by atoms with Crippen LogP contribution in [0.2, 0.25) is 0 Å². The Labute approximate surface area is 181 Å². The molecule has 3 aromatic heterocycles. The van der Waals surface area contributed by atoms with Crippen LogP contribution in [0, 0.1) is 6.92 Å². The number of hydrogen-bond acceptors (Lipinski definition) is 7. The highest BCUT2D eigenvalue weighted by atomic mass is 32.1. The van der Waals surface area contributed by atoms with Crippen LogP contribution >= 0.6 is 11.3 Å². The molecule has 1 aromatic carbocycles. The first kappa shape index (κ1) is 19.3. The molecule has 8 heteroatoms. The first-order valence-electron chi connectivity index (χ1n) is 9.78. The number of Topliss-reactive ketones (excluding diaryl/α,β-unsaturated/α-hetero) is 1. The van der Waals surface area contributed by atoms with Crippen molar-refractivity contribution in [3.63, 3.8) is 0 Å². The maximum absolute atomic E-state index is 13.2. The van der Waals surface area contributed by atoms with Crippen molar-refractivity contribution >= 4 is 38.4 Å². The van der Waals surface area contributed by atoms with Gasteiger partial charge in [0.1, 0.15) is 17.6 Å². The molecule has 31 heavy (non-hydrogen) atoms. The molecule has 0 unspecified atom stereocenters. The van der Waals surface area contributed by atoms with Gasteiger partial charge >= 0.3 is 0 Å². The molecule has 0 fully saturated rings. The molecule has 1 N–H and O–H groups in total. The molecule has 5 rings (SSSR count). The van der Waals surface area contributed by atoms with E-state index in [0.717, 1.165) is 22.2 Å². The topological polar surface area (TPSA) is 96.8 Å². The summed E-state index contributed by atoms with van der Waals surface area (Å²) >= 11 is 1.32. The zero-order valence-corrected chi connectivity index (χ0v) is 17.6. The fraction of sp³-hybridized carbons (Fsp3) is 0.174. The van der Waals surface area contributed by atoms with Crippen LogP contribution in [0.15, 0.2) is 68.9 Å². The second kappa shape index (κ2) is 7.24. The summed E-state index contributed by atoms with van der Waals surface area (Å²) in [5.74, 6) is -0.967. The lowest BCUT2D eigenvalue weighted by atomic mass is 10.00. The second-order valence-corrected chi connectivity index (χ2v) is 8.26. The third kappa shape index (κ3) is 3.07. The number of fused-ring (bicyclic) bond motifs is 1. The lowest BCUT2D eigenvalue weighted by Crippen LogP contribution is -2.30. The standard InChI is InChI=1S/C23H18N2O5S/c1-3-13-7-8-14-17(11-13)31-23(24-14)25-19(15-5-4-10-29-15)18(21(27)22(25)28)20(26)16-9-6-12(2)30-16/h4-11,19,27H,3H2,1-2H3/t19-/m0/s1. The van der Waals surface area contributed by atoms with E-state index < -0.39 is 23.5 Å². The summed E-state index contributed by atoms with van der Waals surface area (Å²) in [5, 5.41) is 11.1. The summed E-state index contributed by atoms with van der Waals surface area (Å²) in [6.45, 7) is 3.78. The van der Waals surface area contributed by atoms with Crippen molar-refractivity contribution < 1.29 is 23.5 Å². The molecular weight excluding hydrogens is 416 g/mol. The van der Waals surface area contributed by atoms with Gasteiger partial charge in [0.15, 0.2) is 16.7 Å². The summed E-state index contributed by atoms with van der Waals surface area (Å²) in [6, 6.07) is 11.5. The normalized spacial score (nSPS) is 16.6. The van der Waals surface area contributed by atoms with E-state index in [1.165, 1.54) is 28.6 Å². The van der Waals surface area contributed by atoms with Crippen molar-refractivity contribution in [2.24, 2.45) is 0 Å². The molecule has 0 radical (unpaired) electrons. The maximum Gasteiger partial charge on any atom is 0.296 e. The Morgan fingerprint density at radius 2 is 2.10 bits per heavy atom. The van der Waals surface area contributed by atoms with Crippen LogP contribution in [-0.2, 0) is 11.2 Å². The number of carbonyl (C=O) groups excluding carboxylic acids is 2. The number of anilines is 1. The molecule has 0 bridgehead atoms. The first-order valence-corrected chi connectivity index (χ1v) is 10.6. The zero-order chi connectivity index (χ0) is 21.7. The predicted octanol–water partition coefficient (Wildman–Crippen LogP) is 5.14. The molecule has 7 nitrogen and oxygen atoms in total. The van der Waals surface area contributed by atoms with Crippen LogP contribution in [0.1, 0.15) is 40.6 Å². The van der Waals surface area contributed by atoms with Crippen molar-refractivity contribution in [1.82, 2.24) is 4.98 Å². The highest BCUT2D eigenvalue weighted by Crippen LogP contribution is 2.44. The highest BCUT2D eigenvalue weighted by Gasteiger charge is 2.47. The third-order valence-corrected chi connectivity index (χ3v) is 6.30. The van der Waals surface area contributed by atoms with Crippen molar-refractivity contribution in [1.29, 1.82) is 0 Å². The minimum absolute atomic E-state index is 0.0437. The van der Waals surface area contributed by atoms with Gasteiger partial charge in [-0.1, -0.05) is 24.3 Å². The number of benzene rings is 1. The molecule has 1 aliphatic rings. The van der Waals surface area contributed by atoms with Crippen molar-refractivity contribution in [3.05, 3.63) is 82.9 Å². The Morgan fingerprint density at radius 3 is 2.77 bits per heavy atom. The molecule has 4 heterocycles. The van der Waals surface area contributed by atoms with E-state index in [0.29, 0.717) is 16.7 Å². The van der Waals surface area contributed by atoms with Gasteiger partial charge in [-0.15, -0.1) is 0 Å². The quantitative estimate of drug-likeness (QED) is 0.437. The smallest absolute Gasteiger partial charge is 0.296 e. The van der Waals surface area contributed by atoms with Gasteiger partial charge in [-0.05, 0) is 55.3 Å². The Morgan fingerprint density at radius 1 is 1.26 bits per heavy atom. The summed E-state index contributed by atoms with van der Waals surface area (Å²) in [4.78, 5) is 32.2. The average Bonchev–Trinajstić information content (AvgIpc) is 3.54. The Balaban J connectivity index is 1.64. The van der Waals surface area contributed by atoms with E-state index in [9.17, 15) is 14.7 Å². The van der Waals surface area contributed by atoms with Crippen LogP contribution in [0.4, 0.5) is 5.13 Å². The number of ketones is 1. The molecule has 0 spiro atoms. The number of aryl methyl sites for hydroxylation is 2. The van der Waals surface area contributed by atoms with Crippen LogP contribution in [0.3, 0.4) is 0 Å². The van der Waals surface area contributed by atoms with Crippen molar-refractivity contribution in [3.8, 4) is 0 Å². The molecule has 0 saturated carbocycles. The number of hydrogen-bond donors (Lipinski definition) is 1. The van der Waals surface area contributed by atoms with Gasteiger partial charge in [0, 0.05) is 0 Å². The lowest BCUT2D eigenvalue weighted by molar-refractivity contribution is -0.117. The van der Waals surface area contributed by atoms with Crippen LogP contribution in [-0.4, -0.2) is 21.8 Å². The van der Waals surface area contributed by atoms with E-state index in [4.69, 9.17) is 8.83 Å². The van der Waals surface area contributed by atoms with Gasteiger partial charge in [0.2, 0.25) is 5.78 Å². The molecule has 0 saturated heterocycles. The Kier molecular flexibility index (Phi) is 4.51. The van der Waals surface area contributed by atoms with Crippen LogP contribution in [0.5, 0.6) is 0 Å². The zero-order valence-electron chi connectivity index (χ0n) is 16.8. The first-order chi connectivity index (χ1) is 15.0. The SMILES string of the molecule is CCc1ccc2nc(N3C(=O)C(O)=C(C(=O)c4ccc(C)o4)[C@@H]3c3ccco3)sc2c1. The second-order valence-electron chi connectivity index (χ2n) is 7.25. The molecule has 1 atom stereocenters. The van der Waals surface area contributed by atoms with E-state index in [-0.39, 0.29) is 11.3 Å². The number of aliphatic hydroxyl groups excluding tert-OH is 1. The molecular formula is C23H18N2O5S. The number of aromatic nitrogens is 1. The van der Waals surface area contributed by atoms with E-state index in [2.05, 4.69) is 11.9 Å². The third-order valence-electron chi connectivity index (χ3n) is 5.29. The van der Waals surface area contributed by atoms with Crippen molar-refractivity contribution in [2.45, 2.75) is 26.3 Å². The molecule has 1 aliphatic heterocycles. The monoisotopic (exact) mass is 434 g/mol. The number of nitrogens with zero attached hydrogens (tertiary/aromatic N) is 2. The van der Waals surface area contributed by atoms with Crippen molar-refractivity contribution in [2.75, 3.05) is 4.90 Å². The van der Waals surface area contributed by atoms with Gasteiger partial charge in [-0.3, -0.25) is 14.5 Å². The fourth-order valence-corrected chi connectivity index (χ4v) is 4.78. The maximum atomic E-state index is 13.2. The number of amides is 1. The molecule has 1 amide bonds. The molecule has 0 aliphatic carbocycles. The van der Waals surface area contributed by atoms with E-state index in [1.54, 1.807) is 25.1 Å². The summed E-state index contributed by atoms with van der Waals surface area (Å²) in [5.41, 5.74) is 1.80. The minimum atomic E-state index is -0.952. The minimum Gasteiger partial charge on any atom is -0.503 e. The summed E-state index contributed by atoms with van der Waals surface area (Å²) in [7, 11) is 0. The van der Waals surface area contributed by atoms with Gasteiger partial charge in [-0.25, -0.2) is 4.98 Å². The molecule has 4 aromatic rings. The van der Waals surface area contributed by atoms with Gasteiger partial charge < -0.3 is 13.9 Å². The van der Waals surface area contributed by atoms with Gasteiger partial charge in [-0.2, -0.15) is 0 Å². The number of furan rings is 2. The number of thiazole rings is 1. The number of aliphatic hydroxyl groups is 1. The summed E-state index contributed by atoms with van der Waals surface area (Å²) in [6.07, 6.45) is 2.34. The Bertz CT molecular complexity index is 1350. The lowest BCUT2D eigenvalue weighted by Gasteiger charge is -2.21. The van der Waals surface area contributed by atoms with Gasteiger partial charge in [0.25, 0.3) is 5.91 Å². The number of carbonyl (C=O) groups is 2. The van der Waals surface area contributed by atoms with E-state index in [1.807, 2.05) is 18.2 Å². The Hall–Kier alpha value is -3.65. The van der Waals surface area contributed by atoms with E-state index >= 15 is 0 Å². The molecule has 156 valence electrons. The number of rotatable bonds is 5. The predicted molar refractivity (Wildman–Crippen MR) is 115 cm³/mol. The van der Waals surface area contributed by atoms with Crippen LogP contribution in [0.25, 0.3) is 10.2 Å². The average molecular weight is 434 g/mol. The van der Waals surface area contributed by atoms with Gasteiger partial charge in [0.05, 0.1) is 22.1 Å². The highest BCUT2D eigenvalue weighted by molar-refractivity contribution is 7.22.